The van der Waals surface area contributed by atoms with Gasteiger partial charge in [0.2, 0.25) is 5.91 Å². The first kappa shape index (κ1) is 20.2. The molecule has 3 N–H and O–H groups in total. The van der Waals surface area contributed by atoms with Gasteiger partial charge in [-0.05, 0) is 36.5 Å². The maximum atomic E-state index is 12.7. The first-order valence-electron chi connectivity index (χ1n) is 9.77. The summed E-state index contributed by atoms with van der Waals surface area (Å²) < 4.78 is 0. The van der Waals surface area contributed by atoms with E-state index < -0.39 is 5.91 Å². The Bertz CT molecular complexity index is 1300. The van der Waals surface area contributed by atoms with E-state index >= 15 is 0 Å². The van der Waals surface area contributed by atoms with Crippen LogP contribution < -0.4 is 11.1 Å². The number of benzene rings is 1. The number of primary amides is 1. The highest BCUT2D eigenvalue weighted by atomic mass is 32.2. The molecular weight excluding hydrogens is 448 g/mol. The molecule has 3 aromatic heterocycles. The number of thiophene rings is 2. The predicted molar refractivity (Wildman–Crippen MR) is 127 cm³/mol. The molecule has 4 aromatic rings. The third-order valence-electron chi connectivity index (χ3n) is 5.12. The first-order chi connectivity index (χ1) is 15.1. The summed E-state index contributed by atoms with van der Waals surface area (Å²) >= 11 is 4.47. The zero-order valence-corrected chi connectivity index (χ0v) is 18.8. The summed E-state index contributed by atoms with van der Waals surface area (Å²) in [6, 6.07) is 11.4. The minimum absolute atomic E-state index is 0.188. The van der Waals surface area contributed by atoms with Crippen LogP contribution in [0, 0.1) is 0 Å². The molecule has 156 valence electrons. The van der Waals surface area contributed by atoms with Crippen LogP contribution in [-0.4, -0.2) is 27.5 Å². The summed E-state index contributed by atoms with van der Waals surface area (Å²) in [5.41, 5.74) is 8.18. The lowest BCUT2D eigenvalue weighted by molar-refractivity contribution is -0.113. The molecule has 1 aromatic carbocycles. The molecule has 3 heterocycles. The van der Waals surface area contributed by atoms with E-state index in [9.17, 15) is 9.59 Å². The molecule has 0 atom stereocenters. The van der Waals surface area contributed by atoms with Crippen molar-refractivity contribution >= 4 is 61.5 Å². The van der Waals surface area contributed by atoms with Crippen molar-refractivity contribution in [3.63, 3.8) is 0 Å². The summed E-state index contributed by atoms with van der Waals surface area (Å²) in [6.07, 6.45) is 4.86. The maximum Gasteiger partial charge on any atom is 0.251 e. The van der Waals surface area contributed by atoms with Gasteiger partial charge < -0.3 is 11.1 Å². The summed E-state index contributed by atoms with van der Waals surface area (Å²) in [5, 5.41) is 5.27. The lowest BCUT2D eigenvalue weighted by atomic mass is 10.1. The number of amides is 2. The Morgan fingerprint density at radius 1 is 1.13 bits per heavy atom. The number of rotatable bonds is 6. The zero-order valence-electron chi connectivity index (χ0n) is 16.4. The lowest BCUT2D eigenvalue weighted by Gasteiger charge is -2.06. The molecule has 6 nitrogen and oxygen atoms in total. The van der Waals surface area contributed by atoms with Crippen molar-refractivity contribution in [1.29, 1.82) is 0 Å². The summed E-state index contributed by atoms with van der Waals surface area (Å²) in [4.78, 5) is 36.7. The van der Waals surface area contributed by atoms with Crippen LogP contribution in [0.2, 0.25) is 0 Å². The molecule has 0 fully saturated rings. The Labute approximate surface area is 190 Å². The largest absolute Gasteiger partial charge is 0.366 e. The van der Waals surface area contributed by atoms with Gasteiger partial charge in [-0.1, -0.05) is 42.1 Å². The predicted octanol–water partition coefficient (Wildman–Crippen LogP) is 4.74. The molecular formula is C22H18N4O2S3. The van der Waals surface area contributed by atoms with Crippen molar-refractivity contribution in [3.8, 4) is 10.4 Å². The first-order valence-corrected chi connectivity index (χ1v) is 12.4. The van der Waals surface area contributed by atoms with E-state index in [0.29, 0.717) is 10.6 Å². The van der Waals surface area contributed by atoms with E-state index in [2.05, 4.69) is 15.3 Å². The van der Waals surface area contributed by atoms with Crippen molar-refractivity contribution in [2.24, 2.45) is 5.73 Å². The van der Waals surface area contributed by atoms with Crippen molar-refractivity contribution in [2.75, 3.05) is 11.1 Å². The summed E-state index contributed by atoms with van der Waals surface area (Å²) in [7, 11) is 0. The number of carbonyl (C=O) groups is 2. The van der Waals surface area contributed by atoms with Gasteiger partial charge >= 0.3 is 0 Å². The average Bonchev–Trinajstić information content (AvgIpc) is 3.47. The number of nitrogens with zero attached hydrogens (tertiary/aromatic N) is 2. The Kier molecular flexibility index (Phi) is 5.47. The Morgan fingerprint density at radius 3 is 2.77 bits per heavy atom. The Morgan fingerprint density at radius 2 is 1.97 bits per heavy atom. The fourth-order valence-electron chi connectivity index (χ4n) is 3.72. The molecule has 0 saturated carbocycles. The molecule has 0 unspecified atom stereocenters. The molecule has 0 aliphatic heterocycles. The van der Waals surface area contributed by atoms with Crippen LogP contribution in [0.4, 0.5) is 5.00 Å². The summed E-state index contributed by atoms with van der Waals surface area (Å²) in [6.45, 7) is 0. The topological polar surface area (TPSA) is 98.0 Å². The van der Waals surface area contributed by atoms with Gasteiger partial charge in [0.25, 0.3) is 5.91 Å². The number of thioether (sulfide) groups is 1. The molecule has 5 rings (SSSR count). The van der Waals surface area contributed by atoms with Crippen LogP contribution in [0.3, 0.4) is 0 Å². The van der Waals surface area contributed by atoms with Gasteiger partial charge in [0.05, 0.1) is 11.3 Å². The standard InChI is InChI=1S/C22H18N4O2S3/c23-19(28)14-9-16(12-5-2-1-3-6-12)31-20(14)26-17(27)10-29-21-18-13-7-4-8-15(13)30-22(18)25-11-24-21/h1-3,5-6,9,11H,4,7-8,10H2,(H2,23,28)(H,26,27). The third kappa shape index (κ3) is 3.96. The van der Waals surface area contributed by atoms with Crippen LogP contribution in [0.5, 0.6) is 0 Å². The van der Waals surface area contributed by atoms with Crippen LogP contribution in [-0.2, 0) is 17.6 Å². The zero-order chi connectivity index (χ0) is 21.4. The van der Waals surface area contributed by atoms with E-state index in [1.165, 1.54) is 33.5 Å². The fourth-order valence-corrected chi connectivity index (χ4v) is 6.92. The molecule has 2 amide bonds. The second-order valence-corrected chi connectivity index (χ2v) is 10.2. The second-order valence-electron chi connectivity index (χ2n) is 7.14. The van der Waals surface area contributed by atoms with Crippen molar-refractivity contribution < 1.29 is 9.59 Å². The average molecular weight is 467 g/mol. The Balaban J connectivity index is 1.34. The highest BCUT2D eigenvalue weighted by Crippen LogP contribution is 2.40. The van der Waals surface area contributed by atoms with Crippen molar-refractivity contribution in [1.82, 2.24) is 9.97 Å². The van der Waals surface area contributed by atoms with Gasteiger partial charge in [-0.25, -0.2) is 9.97 Å². The van der Waals surface area contributed by atoms with Gasteiger partial charge in [-0.15, -0.1) is 22.7 Å². The number of aromatic nitrogens is 2. The monoisotopic (exact) mass is 466 g/mol. The minimum Gasteiger partial charge on any atom is -0.366 e. The van der Waals surface area contributed by atoms with Crippen LogP contribution in [0.1, 0.15) is 27.2 Å². The third-order valence-corrected chi connectivity index (χ3v) is 8.40. The van der Waals surface area contributed by atoms with Gasteiger partial charge in [-0.3, -0.25) is 9.59 Å². The smallest absolute Gasteiger partial charge is 0.251 e. The number of fused-ring (bicyclic) bond motifs is 3. The van der Waals surface area contributed by atoms with Gasteiger partial charge in [0.15, 0.2) is 0 Å². The van der Waals surface area contributed by atoms with Gasteiger partial charge in [-0.2, -0.15) is 0 Å². The van der Waals surface area contributed by atoms with E-state index in [0.717, 1.165) is 44.9 Å². The van der Waals surface area contributed by atoms with Crippen molar-refractivity contribution in [3.05, 3.63) is 58.7 Å². The van der Waals surface area contributed by atoms with E-state index in [-0.39, 0.29) is 11.7 Å². The van der Waals surface area contributed by atoms with E-state index in [1.807, 2.05) is 30.3 Å². The number of nitrogens with two attached hydrogens (primary N) is 1. The van der Waals surface area contributed by atoms with Crippen LogP contribution >= 0.6 is 34.4 Å². The number of hydrogen-bond acceptors (Lipinski definition) is 7. The van der Waals surface area contributed by atoms with Crippen molar-refractivity contribution in [2.45, 2.75) is 24.3 Å². The number of carbonyl (C=O) groups excluding carboxylic acids is 2. The van der Waals surface area contributed by atoms with E-state index in [4.69, 9.17) is 5.73 Å². The van der Waals surface area contributed by atoms with Crippen LogP contribution in [0.25, 0.3) is 20.7 Å². The molecule has 1 aliphatic rings. The Hall–Kier alpha value is -2.75. The molecule has 31 heavy (non-hydrogen) atoms. The van der Waals surface area contributed by atoms with Crippen LogP contribution in [0.15, 0.2) is 47.8 Å². The second kappa shape index (κ2) is 8.41. The normalized spacial score (nSPS) is 12.8. The number of hydrogen-bond donors (Lipinski definition) is 2. The molecule has 0 spiro atoms. The SMILES string of the molecule is NC(=O)c1cc(-c2ccccc2)sc1NC(=O)CSc1ncnc2sc3c(c12)CCC3. The highest BCUT2D eigenvalue weighted by molar-refractivity contribution is 8.00. The number of anilines is 1. The lowest BCUT2D eigenvalue weighted by Crippen LogP contribution is -2.17. The van der Waals surface area contributed by atoms with E-state index in [1.54, 1.807) is 23.7 Å². The maximum absolute atomic E-state index is 12.7. The van der Waals surface area contributed by atoms with Gasteiger partial charge in [0, 0.05) is 15.1 Å². The quantitative estimate of drug-likeness (QED) is 0.316. The molecule has 0 radical (unpaired) electrons. The minimum atomic E-state index is -0.562. The molecule has 1 aliphatic carbocycles. The molecule has 9 heteroatoms. The highest BCUT2D eigenvalue weighted by Gasteiger charge is 2.22. The number of aryl methyl sites for hydroxylation is 2. The molecule has 0 bridgehead atoms. The fraction of sp³-hybridized carbons (Fsp3) is 0.182. The summed E-state index contributed by atoms with van der Waals surface area (Å²) in [5.74, 6) is -0.576. The van der Waals surface area contributed by atoms with Gasteiger partial charge in [0.1, 0.15) is 21.2 Å². The number of nitrogens with one attached hydrogen (secondary N) is 1. The molecule has 0 saturated heterocycles.